The van der Waals surface area contributed by atoms with Crippen LogP contribution in [0, 0.1) is 6.92 Å². The van der Waals surface area contributed by atoms with E-state index in [1.165, 1.54) is 24.4 Å². The summed E-state index contributed by atoms with van der Waals surface area (Å²) in [7, 11) is 0. The van der Waals surface area contributed by atoms with Gasteiger partial charge >= 0.3 is 6.18 Å². The molecule has 19 heavy (non-hydrogen) atoms. The van der Waals surface area contributed by atoms with Gasteiger partial charge < -0.3 is 9.84 Å². The van der Waals surface area contributed by atoms with Gasteiger partial charge in [0.1, 0.15) is 0 Å². The number of amides is 1. The minimum atomic E-state index is -4.54. The van der Waals surface area contributed by atoms with Gasteiger partial charge in [0.15, 0.2) is 0 Å². The van der Waals surface area contributed by atoms with Crippen LogP contribution in [0.2, 0.25) is 0 Å². The van der Waals surface area contributed by atoms with E-state index in [-0.39, 0.29) is 11.4 Å². The third-order valence-electron chi connectivity index (χ3n) is 2.44. The van der Waals surface area contributed by atoms with Crippen LogP contribution in [0.25, 0.3) is 0 Å². The Bertz CT molecular complexity index is 605. The maximum atomic E-state index is 12.7. The number of benzene rings is 1. The SMILES string of the molecule is Cc1cnoc1C(=O)Nc1ccccc1C(F)(F)F. The molecule has 0 aliphatic heterocycles. The van der Waals surface area contributed by atoms with Gasteiger partial charge in [-0.2, -0.15) is 13.2 Å². The van der Waals surface area contributed by atoms with Crippen LogP contribution in [-0.4, -0.2) is 11.1 Å². The van der Waals surface area contributed by atoms with Gasteiger partial charge in [-0.05, 0) is 19.1 Å². The molecule has 0 atom stereocenters. The third kappa shape index (κ3) is 2.75. The molecule has 7 heteroatoms. The number of nitrogens with zero attached hydrogens (tertiary/aromatic N) is 1. The number of nitrogens with one attached hydrogen (secondary N) is 1. The first-order chi connectivity index (χ1) is 8.89. The quantitative estimate of drug-likeness (QED) is 0.911. The van der Waals surface area contributed by atoms with Crippen molar-refractivity contribution >= 4 is 11.6 Å². The van der Waals surface area contributed by atoms with Crippen molar-refractivity contribution in [2.24, 2.45) is 0 Å². The van der Waals surface area contributed by atoms with Crippen molar-refractivity contribution < 1.29 is 22.5 Å². The number of rotatable bonds is 2. The summed E-state index contributed by atoms with van der Waals surface area (Å²) in [4.78, 5) is 11.8. The fraction of sp³-hybridized carbons (Fsp3) is 0.167. The van der Waals surface area contributed by atoms with Crippen molar-refractivity contribution in [3.05, 3.63) is 47.3 Å². The van der Waals surface area contributed by atoms with E-state index in [1.807, 2.05) is 0 Å². The number of alkyl halides is 3. The first-order valence-electron chi connectivity index (χ1n) is 5.28. The molecule has 1 heterocycles. The van der Waals surface area contributed by atoms with Crippen LogP contribution in [0.5, 0.6) is 0 Å². The fourth-order valence-corrected chi connectivity index (χ4v) is 1.53. The first kappa shape index (κ1) is 13.1. The maximum absolute atomic E-state index is 12.7. The molecule has 4 nitrogen and oxygen atoms in total. The zero-order chi connectivity index (χ0) is 14.0. The molecule has 1 aromatic heterocycles. The van der Waals surface area contributed by atoms with Crippen molar-refractivity contribution in [2.45, 2.75) is 13.1 Å². The minimum Gasteiger partial charge on any atom is -0.351 e. The van der Waals surface area contributed by atoms with E-state index in [1.54, 1.807) is 6.92 Å². The Hall–Kier alpha value is -2.31. The van der Waals surface area contributed by atoms with Crippen LogP contribution in [0.15, 0.2) is 35.0 Å². The second-order valence-corrected chi connectivity index (χ2v) is 3.84. The summed E-state index contributed by atoms with van der Waals surface area (Å²) in [5.41, 5.74) is -0.793. The zero-order valence-corrected chi connectivity index (χ0v) is 9.78. The standard InChI is InChI=1S/C12H9F3N2O2/c1-7-6-16-19-10(7)11(18)17-9-5-3-2-4-8(9)12(13,14)15/h2-6H,1H3,(H,17,18). The fourth-order valence-electron chi connectivity index (χ4n) is 1.53. The molecule has 0 unspecified atom stereocenters. The van der Waals surface area contributed by atoms with Gasteiger partial charge in [0.2, 0.25) is 5.76 Å². The summed E-state index contributed by atoms with van der Waals surface area (Å²) in [5.74, 6) is -0.885. The number of aryl methyl sites for hydroxylation is 1. The number of hydrogen-bond acceptors (Lipinski definition) is 3. The first-order valence-corrected chi connectivity index (χ1v) is 5.28. The average molecular weight is 270 g/mol. The number of hydrogen-bond donors (Lipinski definition) is 1. The molecular weight excluding hydrogens is 261 g/mol. The van der Waals surface area contributed by atoms with Crippen molar-refractivity contribution in [3.63, 3.8) is 0 Å². The predicted molar refractivity (Wildman–Crippen MR) is 60.6 cm³/mol. The number of anilines is 1. The smallest absolute Gasteiger partial charge is 0.351 e. The maximum Gasteiger partial charge on any atom is 0.418 e. The number of aromatic nitrogens is 1. The summed E-state index contributed by atoms with van der Waals surface area (Å²) in [5, 5.41) is 5.57. The highest BCUT2D eigenvalue weighted by Crippen LogP contribution is 2.34. The van der Waals surface area contributed by atoms with Crippen LogP contribution >= 0.6 is 0 Å². The van der Waals surface area contributed by atoms with Crippen LogP contribution in [0.1, 0.15) is 21.7 Å². The molecule has 0 saturated carbocycles. The van der Waals surface area contributed by atoms with Gasteiger partial charge in [0.25, 0.3) is 5.91 Å². The molecule has 1 N–H and O–H groups in total. The van der Waals surface area contributed by atoms with E-state index in [0.717, 1.165) is 6.07 Å². The Balaban J connectivity index is 2.30. The normalized spacial score (nSPS) is 11.4. The topological polar surface area (TPSA) is 55.1 Å². The van der Waals surface area contributed by atoms with E-state index < -0.39 is 17.6 Å². The van der Waals surface area contributed by atoms with E-state index in [2.05, 4.69) is 15.0 Å². The van der Waals surface area contributed by atoms with E-state index in [9.17, 15) is 18.0 Å². The van der Waals surface area contributed by atoms with Crippen LogP contribution < -0.4 is 5.32 Å². The number of carbonyl (C=O) groups excluding carboxylic acids is 1. The van der Waals surface area contributed by atoms with Gasteiger partial charge in [-0.1, -0.05) is 17.3 Å². The van der Waals surface area contributed by atoms with Gasteiger partial charge in [-0.15, -0.1) is 0 Å². The summed E-state index contributed by atoms with van der Waals surface area (Å²) < 4.78 is 42.9. The van der Waals surface area contributed by atoms with Crippen LogP contribution in [0.4, 0.5) is 18.9 Å². The Morgan fingerprint density at radius 1 is 1.32 bits per heavy atom. The Kier molecular flexibility index (Phi) is 3.28. The lowest BCUT2D eigenvalue weighted by molar-refractivity contribution is -0.136. The van der Waals surface area contributed by atoms with E-state index >= 15 is 0 Å². The van der Waals surface area contributed by atoms with Crippen LogP contribution in [0.3, 0.4) is 0 Å². The number of halogens is 3. The highest BCUT2D eigenvalue weighted by atomic mass is 19.4. The molecule has 0 radical (unpaired) electrons. The van der Waals surface area contributed by atoms with Crippen LogP contribution in [-0.2, 0) is 6.18 Å². The molecule has 0 bridgehead atoms. The van der Waals surface area contributed by atoms with E-state index in [0.29, 0.717) is 5.56 Å². The van der Waals surface area contributed by atoms with Crippen molar-refractivity contribution in [1.29, 1.82) is 0 Å². The lowest BCUT2D eigenvalue weighted by atomic mass is 10.1. The lowest BCUT2D eigenvalue weighted by Gasteiger charge is -2.12. The summed E-state index contributed by atoms with van der Waals surface area (Å²) in [6.07, 6.45) is -3.23. The molecule has 0 spiro atoms. The summed E-state index contributed by atoms with van der Waals surface area (Å²) >= 11 is 0. The molecule has 1 amide bonds. The summed E-state index contributed by atoms with van der Waals surface area (Å²) in [6, 6.07) is 4.71. The second-order valence-electron chi connectivity index (χ2n) is 3.84. The minimum absolute atomic E-state index is 0.114. The molecule has 100 valence electrons. The highest BCUT2D eigenvalue weighted by Gasteiger charge is 2.33. The third-order valence-corrected chi connectivity index (χ3v) is 2.44. The van der Waals surface area contributed by atoms with Crippen molar-refractivity contribution in [1.82, 2.24) is 5.16 Å². The molecule has 2 rings (SSSR count). The molecule has 0 aliphatic rings. The van der Waals surface area contributed by atoms with Gasteiger partial charge in [0.05, 0.1) is 17.4 Å². The molecule has 1 aromatic carbocycles. The monoisotopic (exact) mass is 270 g/mol. The zero-order valence-electron chi connectivity index (χ0n) is 9.78. The van der Waals surface area contributed by atoms with Gasteiger partial charge in [0, 0.05) is 5.56 Å². The van der Waals surface area contributed by atoms with Crippen molar-refractivity contribution in [3.8, 4) is 0 Å². The molecule has 0 fully saturated rings. The van der Waals surface area contributed by atoms with E-state index in [4.69, 9.17) is 0 Å². The predicted octanol–water partition coefficient (Wildman–Crippen LogP) is 3.25. The van der Waals surface area contributed by atoms with Gasteiger partial charge in [-0.3, -0.25) is 4.79 Å². The molecular formula is C12H9F3N2O2. The largest absolute Gasteiger partial charge is 0.418 e. The molecule has 2 aromatic rings. The molecule has 0 aliphatic carbocycles. The second kappa shape index (κ2) is 4.75. The average Bonchev–Trinajstić information content (AvgIpc) is 2.75. The van der Waals surface area contributed by atoms with Gasteiger partial charge in [-0.25, -0.2) is 0 Å². The number of para-hydroxylation sites is 1. The number of carbonyl (C=O) groups is 1. The Labute approximate surface area is 106 Å². The highest BCUT2D eigenvalue weighted by molar-refractivity contribution is 6.03. The summed E-state index contributed by atoms with van der Waals surface area (Å²) in [6.45, 7) is 1.57. The lowest BCUT2D eigenvalue weighted by Crippen LogP contribution is -2.16. The van der Waals surface area contributed by atoms with Crippen molar-refractivity contribution in [2.75, 3.05) is 5.32 Å². The Morgan fingerprint density at radius 3 is 2.58 bits per heavy atom. The molecule has 0 saturated heterocycles. The Morgan fingerprint density at radius 2 is 2.00 bits per heavy atom.